The molecule has 0 spiro atoms. The van der Waals surface area contributed by atoms with E-state index in [1.807, 2.05) is 0 Å². The van der Waals surface area contributed by atoms with Gasteiger partial charge < -0.3 is 4.90 Å². The zero-order valence-corrected chi connectivity index (χ0v) is 14.0. The maximum Gasteiger partial charge on any atom is 0.106 e. The molecular formula is C18H33N3. The lowest BCUT2D eigenvalue weighted by Gasteiger charge is -2.31. The van der Waals surface area contributed by atoms with Crippen molar-refractivity contribution >= 4 is 0 Å². The first kappa shape index (κ1) is 16.8. The Bertz CT molecular complexity index is 343. The van der Waals surface area contributed by atoms with Gasteiger partial charge in [0.2, 0.25) is 0 Å². The van der Waals surface area contributed by atoms with Crippen molar-refractivity contribution in [3.8, 4) is 6.07 Å². The van der Waals surface area contributed by atoms with Gasteiger partial charge in [-0.3, -0.25) is 5.32 Å². The van der Waals surface area contributed by atoms with E-state index in [4.69, 9.17) is 0 Å². The van der Waals surface area contributed by atoms with Gasteiger partial charge in [-0.1, -0.05) is 26.7 Å². The lowest BCUT2D eigenvalue weighted by molar-refractivity contribution is 0.182. The average molecular weight is 291 g/mol. The summed E-state index contributed by atoms with van der Waals surface area (Å²) in [4.78, 5) is 2.74. The van der Waals surface area contributed by atoms with Gasteiger partial charge in [-0.25, -0.2) is 0 Å². The fourth-order valence-corrected chi connectivity index (χ4v) is 4.49. The number of hydrogen-bond donors (Lipinski definition) is 1. The van der Waals surface area contributed by atoms with Gasteiger partial charge in [0.05, 0.1) is 6.07 Å². The van der Waals surface area contributed by atoms with Gasteiger partial charge in [0.15, 0.2) is 0 Å². The predicted molar refractivity (Wildman–Crippen MR) is 88.1 cm³/mol. The highest BCUT2D eigenvalue weighted by Gasteiger charge is 2.33. The van der Waals surface area contributed by atoms with Crippen molar-refractivity contribution in [1.82, 2.24) is 10.2 Å². The Hall–Kier alpha value is -0.590. The summed E-state index contributed by atoms with van der Waals surface area (Å²) in [6.45, 7) is 7.58. The summed E-state index contributed by atoms with van der Waals surface area (Å²) < 4.78 is 0. The number of nitriles is 1. The quantitative estimate of drug-likeness (QED) is 0.741. The standard InChI is InChI=1S/C18H33N3/c1-3-18(15-19,20-4-2)12-8-14-21-13-7-11-17(21)16-9-5-6-10-16/h16-17,20H,3-14H2,1-2H3. The first-order valence-corrected chi connectivity index (χ1v) is 9.15. The Labute approximate surface area is 131 Å². The smallest absolute Gasteiger partial charge is 0.106 e. The number of hydrogen-bond acceptors (Lipinski definition) is 3. The summed E-state index contributed by atoms with van der Waals surface area (Å²) in [5, 5.41) is 12.9. The molecule has 0 aromatic rings. The zero-order valence-electron chi connectivity index (χ0n) is 14.0. The Balaban J connectivity index is 1.80. The van der Waals surface area contributed by atoms with Crippen molar-refractivity contribution in [2.24, 2.45) is 5.92 Å². The van der Waals surface area contributed by atoms with E-state index in [1.165, 1.54) is 51.6 Å². The molecule has 2 unspecified atom stereocenters. The SMILES string of the molecule is CCNC(C#N)(CC)CCCN1CCCC1C1CCCC1. The Morgan fingerprint density at radius 3 is 2.57 bits per heavy atom. The molecule has 120 valence electrons. The highest BCUT2D eigenvalue weighted by atomic mass is 15.2. The van der Waals surface area contributed by atoms with E-state index < -0.39 is 0 Å². The summed E-state index contributed by atoms with van der Waals surface area (Å²) in [6, 6.07) is 3.38. The van der Waals surface area contributed by atoms with Gasteiger partial charge in [-0.05, 0) is 70.5 Å². The minimum Gasteiger partial charge on any atom is -0.300 e. The van der Waals surface area contributed by atoms with Crippen molar-refractivity contribution in [3.63, 3.8) is 0 Å². The van der Waals surface area contributed by atoms with Crippen LogP contribution in [0, 0.1) is 17.2 Å². The van der Waals surface area contributed by atoms with Crippen molar-refractivity contribution in [2.75, 3.05) is 19.6 Å². The van der Waals surface area contributed by atoms with Crippen LogP contribution in [0.1, 0.15) is 71.6 Å². The fourth-order valence-electron chi connectivity index (χ4n) is 4.49. The van der Waals surface area contributed by atoms with Gasteiger partial charge in [-0.2, -0.15) is 5.26 Å². The lowest BCUT2D eigenvalue weighted by atomic mass is 9.91. The van der Waals surface area contributed by atoms with Crippen molar-refractivity contribution in [3.05, 3.63) is 0 Å². The van der Waals surface area contributed by atoms with E-state index in [-0.39, 0.29) is 5.54 Å². The van der Waals surface area contributed by atoms with Crippen LogP contribution in [-0.2, 0) is 0 Å². The first-order valence-electron chi connectivity index (χ1n) is 9.15. The van der Waals surface area contributed by atoms with Gasteiger partial charge in [0, 0.05) is 6.04 Å². The molecule has 1 saturated heterocycles. The van der Waals surface area contributed by atoms with Crippen LogP contribution in [0.15, 0.2) is 0 Å². The van der Waals surface area contributed by atoms with Crippen LogP contribution in [-0.4, -0.2) is 36.1 Å². The van der Waals surface area contributed by atoms with E-state index in [9.17, 15) is 5.26 Å². The molecule has 1 N–H and O–H groups in total. The van der Waals surface area contributed by atoms with Gasteiger partial charge in [0.25, 0.3) is 0 Å². The molecular weight excluding hydrogens is 258 g/mol. The first-order chi connectivity index (χ1) is 10.2. The molecule has 3 nitrogen and oxygen atoms in total. The number of nitrogens with zero attached hydrogens (tertiary/aromatic N) is 2. The molecule has 2 rings (SSSR count). The summed E-state index contributed by atoms with van der Waals surface area (Å²) in [6.07, 6.45) is 11.6. The maximum absolute atomic E-state index is 9.50. The van der Waals surface area contributed by atoms with Gasteiger partial charge >= 0.3 is 0 Å². The van der Waals surface area contributed by atoms with Crippen LogP contribution in [0.5, 0.6) is 0 Å². The second kappa shape index (κ2) is 8.15. The zero-order chi connectivity index (χ0) is 15.1. The molecule has 1 aliphatic heterocycles. The topological polar surface area (TPSA) is 39.1 Å². The molecule has 0 radical (unpaired) electrons. The molecule has 1 aliphatic carbocycles. The maximum atomic E-state index is 9.50. The highest BCUT2D eigenvalue weighted by Crippen LogP contribution is 2.35. The molecule has 0 amide bonds. The summed E-state index contributed by atoms with van der Waals surface area (Å²) >= 11 is 0. The summed E-state index contributed by atoms with van der Waals surface area (Å²) in [7, 11) is 0. The average Bonchev–Trinajstić information content (AvgIpc) is 3.17. The van der Waals surface area contributed by atoms with Crippen LogP contribution in [0.25, 0.3) is 0 Å². The minimum atomic E-state index is -0.294. The third kappa shape index (κ3) is 4.20. The molecule has 0 aromatic heterocycles. The molecule has 2 atom stereocenters. The number of rotatable bonds is 8. The number of nitrogens with one attached hydrogen (secondary N) is 1. The van der Waals surface area contributed by atoms with Gasteiger partial charge in [0.1, 0.15) is 5.54 Å². The molecule has 0 aromatic carbocycles. The third-order valence-electron chi connectivity index (χ3n) is 5.74. The largest absolute Gasteiger partial charge is 0.300 e. The lowest BCUT2D eigenvalue weighted by Crippen LogP contribution is -2.44. The molecule has 3 heteroatoms. The monoisotopic (exact) mass is 291 g/mol. The van der Waals surface area contributed by atoms with E-state index in [0.29, 0.717) is 0 Å². The van der Waals surface area contributed by atoms with Crippen molar-refractivity contribution in [1.29, 1.82) is 5.26 Å². The van der Waals surface area contributed by atoms with Crippen LogP contribution in [0.2, 0.25) is 0 Å². The number of likely N-dealkylation sites (tertiary alicyclic amines) is 1. The van der Waals surface area contributed by atoms with Crippen molar-refractivity contribution < 1.29 is 0 Å². The second-order valence-corrected chi connectivity index (χ2v) is 6.97. The van der Waals surface area contributed by atoms with E-state index in [2.05, 4.69) is 30.1 Å². The van der Waals surface area contributed by atoms with Gasteiger partial charge in [-0.15, -0.1) is 0 Å². The van der Waals surface area contributed by atoms with E-state index >= 15 is 0 Å². The van der Waals surface area contributed by atoms with Crippen molar-refractivity contribution in [2.45, 2.75) is 83.2 Å². The van der Waals surface area contributed by atoms with Crippen LogP contribution < -0.4 is 5.32 Å². The Kier molecular flexibility index (Phi) is 6.51. The molecule has 21 heavy (non-hydrogen) atoms. The predicted octanol–water partition coefficient (Wildman–Crippen LogP) is 3.70. The second-order valence-electron chi connectivity index (χ2n) is 6.97. The molecule has 0 bridgehead atoms. The van der Waals surface area contributed by atoms with E-state index in [1.54, 1.807) is 0 Å². The Morgan fingerprint density at radius 1 is 1.19 bits per heavy atom. The van der Waals surface area contributed by atoms with Crippen LogP contribution in [0.3, 0.4) is 0 Å². The fraction of sp³-hybridized carbons (Fsp3) is 0.944. The summed E-state index contributed by atoms with van der Waals surface area (Å²) in [5.41, 5.74) is -0.294. The molecule has 1 heterocycles. The van der Waals surface area contributed by atoms with E-state index in [0.717, 1.165) is 37.8 Å². The Morgan fingerprint density at radius 2 is 1.95 bits per heavy atom. The molecule has 2 fully saturated rings. The third-order valence-corrected chi connectivity index (χ3v) is 5.74. The normalized spacial score (nSPS) is 26.8. The van der Waals surface area contributed by atoms with Crippen LogP contribution >= 0.6 is 0 Å². The summed E-state index contributed by atoms with van der Waals surface area (Å²) in [5.74, 6) is 0.966. The molecule has 2 aliphatic rings. The van der Waals surface area contributed by atoms with Crippen LogP contribution in [0.4, 0.5) is 0 Å². The minimum absolute atomic E-state index is 0.294. The molecule has 1 saturated carbocycles. The highest BCUT2D eigenvalue weighted by molar-refractivity contribution is 5.06.